The molecule has 0 aliphatic carbocycles. The van der Waals surface area contributed by atoms with Crippen LogP contribution < -0.4 is 17.1 Å². The van der Waals surface area contributed by atoms with Crippen LogP contribution in [0.3, 0.4) is 0 Å². The first-order valence-corrected chi connectivity index (χ1v) is 9.38. The Morgan fingerprint density at radius 1 is 1.00 bits per heavy atom. The molecular formula is C21H20ClN2OS-. The number of fused-ring (bicyclic) bond motifs is 1. The van der Waals surface area contributed by atoms with Crippen LogP contribution in [0.5, 0.6) is 5.75 Å². The molecule has 0 spiro atoms. The van der Waals surface area contributed by atoms with Crippen molar-refractivity contribution in [1.29, 1.82) is 0 Å². The van der Waals surface area contributed by atoms with E-state index < -0.39 is 0 Å². The average molecular weight is 384 g/mol. The van der Waals surface area contributed by atoms with Crippen molar-refractivity contribution < 1.29 is 17.1 Å². The van der Waals surface area contributed by atoms with Gasteiger partial charge in [0, 0.05) is 6.54 Å². The van der Waals surface area contributed by atoms with Gasteiger partial charge in [-0.25, -0.2) is 4.98 Å². The van der Waals surface area contributed by atoms with Crippen molar-refractivity contribution >= 4 is 22.4 Å². The summed E-state index contributed by atoms with van der Waals surface area (Å²) >= 11 is 1.73. The Bertz CT molecular complexity index is 962. The van der Waals surface area contributed by atoms with Gasteiger partial charge in [0.2, 0.25) is 0 Å². The topological polar surface area (TPSA) is 27.1 Å². The fourth-order valence-electron chi connectivity index (χ4n) is 2.94. The number of aromatic nitrogens is 2. The van der Waals surface area contributed by atoms with Gasteiger partial charge in [-0.1, -0.05) is 35.9 Å². The molecule has 26 heavy (non-hydrogen) atoms. The third-order valence-corrected chi connectivity index (χ3v) is 5.08. The Morgan fingerprint density at radius 3 is 2.58 bits per heavy atom. The molecule has 0 aliphatic rings. The van der Waals surface area contributed by atoms with Crippen LogP contribution in [0.15, 0.2) is 66.0 Å². The average Bonchev–Trinajstić information content (AvgIpc) is 3.28. The predicted molar refractivity (Wildman–Crippen MR) is 104 cm³/mol. The Balaban J connectivity index is 0.00000196. The molecule has 0 atom stereocenters. The van der Waals surface area contributed by atoms with Gasteiger partial charge in [0.05, 0.1) is 22.5 Å². The summed E-state index contributed by atoms with van der Waals surface area (Å²) in [6.07, 6.45) is 0.937. The monoisotopic (exact) mass is 383 g/mol. The minimum Gasteiger partial charge on any atom is -1.00 e. The van der Waals surface area contributed by atoms with E-state index in [0.717, 1.165) is 30.1 Å². The number of thiophene rings is 1. The van der Waals surface area contributed by atoms with E-state index in [0.29, 0.717) is 6.61 Å². The molecule has 134 valence electrons. The lowest BCUT2D eigenvalue weighted by Gasteiger charge is -2.10. The van der Waals surface area contributed by atoms with Gasteiger partial charge in [0.25, 0.3) is 0 Å². The number of imidazole rings is 1. The van der Waals surface area contributed by atoms with Crippen molar-refractivity contribution in [2.24, 2.45) is 0 Å². The lowest BCUT2D eigenvalue weighted by atomic mass is 10.2. The Hall–Kier alpha value is -2.30. The first kappa shape index (κ1) is 18.5. The second kappa shape index (κ2) is 8.39. The number of hydrogen-bond donors (Lipinski definition) is 0. The largest absolute Gasteiger partial charge is 1.00 e. The van der Waals surface area contributed by atoms with E-state index in [-0.39, 0.29) is 12.4 Å². The van der Waals surface area contributed by atoms with Gasteiger partial charge >= 0.3 is 0 Å². The summed E-state index contributed by atoms with van der Waals surface area (Å²) in [7, 11) is 0. The van der Waals surface area contributed by atoms with E-state index in [1.807, 2.05) is 18.2 Å². The van der Waals surface area contributed by atoms with Gasteiger partial charge < -0.3 is 21.7 Å². The maximum Gasteiger partial charge on any atom is 0.151 e. The van der Waals surface area contributed by atoms with Crippen molar-refractivity contribution in [3.63, 3.8) is 0 Å². The second-order valence-electron chi connectivity index (χ2n) is 6.07. The Kier molecular flexibility index (Phi) is 5.96. The number of halogens is 1. The summed E-state index contributed by atoms with van der Waals surface area (Å²) in [5.41, 5.74) is 3.48. The molecule has 0 N–H and O–H groups in total. The van der Waals surface area contributed by atoms with Crippen molar-refractivity contribution in [1.82, 2.24) is 9.55 Å². The molecule has 0 radical (unpaired) electrons. The maximum atomic E-state index is 5.87. The summed E-state index contributed by atoms with van der Waals surface area (Å²) < 4.78 is 8.18. The molecule has 0 fully saturated rings. The van der Waals surface area contributed by atoms with Crippen molar-refractivity contribution in [2.45, 2.75) is 19.9 Å². The van der Waals surface area contributed by atoms with Crippen molar-refractivity contribution in [3.8, 4) is 16.5 Å². The predicted octanol–water partition coefficient (Wildman–Crippen LogP) is 2.55. The molecule has 0 unspecified atom stereocenters. The van der Waals surface area contributed by atoms with Crippen molar-refractivity contribution in [2.75, 3.05) is 6.61 Å². The zero-order valence-corrected chi connectivity index (χ0v) is 16.1. The fourth-order valence-corrected chi connectivity index (χ4v) is 3.67. The van der Waals surface area contributed by atoms with Crippen LogP contribution in [-0.4, -0.2) is 16.2 Å². The zero-order valence-electron chi connectivity index (χ0n) is 14.6. The van der Waals surface area contributed by atoms with Crippen LogP contribution in [0, 0.1) is 6.92 Å². The van der Waals surface area contributed by atoms with E-state index in [1.165, 1.54) is 16.0 Å². The Labute approximate surface area is 163 Å². The van der Waals surface area contributed by atoms with E-state index in [1.54, 1.807) is 11.3 Å². The maximum absolute atomic E-state index is 5.87. The van der Waals surface area contributed by atoms with E-state index >= 15 is 0 Å². The number of aryl methyl sites for hydroxylation is 2. The molecular weight excluding hydrogens is 364 g/mol. The summed E-state index contributed by atoms with van der Waals surface area (Å²) in [5, 5.41) is 2.10. The summed E-state index contributed by atoms with van der Waals surface area (Å²) in [4.78, 5) is 6.04. The van der Waals surface area contributed by atoms with E-state index in [2.05, 4.69) is 59.3 Å². The third kappa shape index (κ3) is 3.92. The summed E-state index contributed by atoms with van der Waals surface area (Å²) in [6.45, 7) is 3.67. The molecule has 2 aromatic heterocycles. The molecule has 0 amide bonds. The SMILES string of the molecule is Cc1ccc(OCCCn2c(-c3cccs3)nc3ccccc32)cc1.[Cl-]. The highest BCUT2D eigenvalue weighted by Gasteiger charge is 2.12. The van der Waals surface area contributed by atoms with Gasteiger partial charge in [0.1, 0.15) is 5.75 Å². The number of ether oxygens (including phenoxy) is 1. The first-order valence-electron chi connectivity index (χ1n) is 8.50. The molecule has 0 saturated heterocycles. The molecule has 4 rings (SSSR count). The lowest BCUT2D eigenvalue weighted by molar-refractivity contribution is -0.00000551. The van der Waals surface area contributed by atoms with Gasteiger partial charge in [-0.2, -0.15) is 0 Å². The fraction of sp³-hybridized carbons (Fsp3) is 0.190. The quantitative estimate of drug-likeness (QED) is 0.478. The van der Waals surface area contributed by atoms with E-state index in [9.17, 15) is 0 Å². The number of nitrogens with zero attached hydrogens (tertiary/aromatic N) is 2. The molecule has 0 aliphatic heterocycles. The minimum atomic E-state index is 0. The van der Waals surface area contributed by atoms with Crippen LogP contribution in [0.25, 0.3) is 21.7 Å². The molecule has 0 bridgehead atoms. The number of rotatable bonds is 6. The normalized spacial score (nSPS) is 10.7. The molecule has 5 heteroatoms. The van der Waals surface area contributed by atoms with Gasteiger partial charge in [-0.05, 0) is 49.1 Å². The van der Waals surface area contributed by atoms with Crippen LogP contribution in [0.4, 0.5) is 0 Å². The van der Waals surface area contributed by atoms with Gasteiger partial charge in [0.15, 0.2) is 5.82 Å². The van der Waals surface area contributed by atoms with Crippen LogP contribution in [0.2, 0.25) is 0 Å². The molecule has 0 saturated carbocycles. The second-order valence-corrected chi connectivity index (χ2v) is 7.02. The third-order valence-electron chi connectivity index (χ3n) is 4.21. The highest BCUT2D eigenvalue weighted by molar-refractivity contribution is 7.13. The molecule has 2 aromatic carbocycles. The summed E-state index contributed by atoms with van der Waals surface area (Å²) in [5.74, 6) is 1.98. The van der Waals surface area contributed by atoms with Crippen LogP contribution >= 0.6 is 11.3 Å². The highest BCUT2D eigenvalue weighted by atomic mass is 35.5. The molecule has 4 aromatic rings. The van der Waals surface area contributed by atoms with Crippen molar-refractivity contribution in [3.05, 3.63) is 71.6 Å². The smallest absolute Gasteiger partial charge is 0.151 e. The summed E-state index contributed by atoms with van der Waals surface area (Å²) in [6, 6.07) is 20.7. The molecule has 2 heterocycles. The van der Waals surface area contributed by atoms with Gasteiger partial charge in [-0.3, -0.25) is 0 Å². The first-order chi connectivity index (χ1) is 12.3. The number of benzene rings is 2. The lowest BCUT2D eigenvalue weighted by Crippen LogP contribution is -3.00. The minimum absolute atomic E-state index is 0. The van der Waals surface area contributed by atoms with Gasteiger partial charge in [-0.15, -0.1) is 11.3 Å². The standard InChI is InChI=1S/C21H20N2OS.ClH/c1-16-9-11-17(12-10-16)24-14-5-13-23-19-7-3-2-6-18(19)22-21(23)20-8-4-15-25-20;/h2-4,6-12,15H,5,13-14H2,1H3;1H/p-1. The van der Waals surface area contributed by atoms with Crippen LogP contribution in [-0.2, 0) is 6.54 Å². The number of para-hydroxylation sites is 2. The van der Waals surface area contributed by atoms with E-state index in [4.69, 9.17) is 9.72 Å². The number of hydrogen-bond acceptors (Lipinski definition) is 3. The van der Waals surface area contributed by atoms with Crippen LogP contribution in [0.1, 0.15) is 12.0 Å². The highest BCUT2D eigenvalue weighted by Crippen LogP contribution is 2.28. The Morgan fingerprint density at radius 2 is 1.81 bits per heavy atom. The molecule has 3 nitrogen and oxygen atoms in total. The zero-order chi connectivity index (χ0) is 17.1.